The van der Waals surface area contributed by atoms with E-state index in [0.29, 0.717) is 51.6 Å². The van der Waals surface area contributed by atoms with Gasteiger partial charge in [-0.15, -0.1) is 0 Å². The van der Waals surface area contributed by atoms with Crippen molar-refractivity contribution in [2.45, 2.75) is 272 Å². The molecule has 0 spiro atoms. The van der Waals surface area contributed by atoms with Gasteiger partial charge in [-0.25, -0.2) is 9.59 Å². The number of esters is 2. The smallest absolute Gasteiger partial charge is 0.328 e. The molecule has 4 atom stereocenters. The van der Waals surface area contributed by atoms with Crippen molar-refractivity contribution in [1.29, 1.82) is 0 Å². The van der Waals surface area contributed by atoms with Crippen LogP contribution in [-0.2, 0) is 38.2 Å². The molecule has 66 heavy (non-hydrogen) atoms. The lowest BCUT2D eigenvalue weighted by molar-refractivity contribution is -0.153. The highest BCUT2D eigenvalue weighted by Crippen LogP contribution is 2.17. The monoisotopic (exact) mass is 935 g/mol. The maximum Gasteiger partial charge on any atom is 0.328 e. The molecule has 0 aromatic heterocycles. The average Bonchev–Trinajstić information content (AvgIpc) is 3.31. The Morgan fingerprint density at radius 2 is 0.682 bits per heavy atom. The number of hydrogen-bond acceptors (Lipinski definition) is 8. The van der Waals surface area contributed by atoms with Crippen LogP contribution >= 0.6 is 0 Å². The van der Waals surface area contributed by atoms with Crippen molar-refractivity contribution in [3.05, 3.63) is 0 Å². The number of carbonyl (C=O) groups excluding carboxylic acids is 6. The summed E-state index contributed by atoms with van der Waals surface area (Å²) in [5, 5.41) is 11.2. The summed E-state index contributed by atoms with van der Waals surface area (Å²) < 4.78 is 11.4. The summed E-state index contributed by atoms with van der Waals surface area (Å²) in [6.07, 6.45) is 32.8. The topological polar surface area (TPSA) is 169 Å². The number of carbonyl (C=O) groups is 6. The molecular formula is C54H102N4O8. The van der Waals surface area contributed by atoms with Gasteiger partial charge in [0.05, 0.1) is 13.2 Å². The number of unbranched alkanes of at least 4 members (excludes halogenated alkanes) is 20. The van der Waals surface area contributed by atoms with Crippen molar-refractivity contribution in [3.63, 3.8) is 0 Å². The molecular weight excluding hydrogens is 833 g/mol. The maximum atomic E-state index is 13.5. The Labute approximate surface area is 403 Å². The fourth-order valence-corrected chi connectivity index (χ4v) is 8.11. The summed E-state index contributed by atoms with van der Waals surface area (Å²) in [5.74, 6) is -2.83. The molecule has 0 radical (unpaired) electrons. The van der Waals surface area contributed by atoms with E-state index in [1.54, 1.807) is 0 Å². The Bertz CT molecular complexity index is 1140. The zero-order valence-corrected chi connectivity index (χ0v) is 43.4. The molecule has 4 N–H and O–H groups in total. The van der Waals surface area contributed by atoms with E-state index in [-0.39, 0.29) is 49.7 Å². The van der Waals surface area contributed by atoms with Crippen LogP contribution in [-0.4, -0.2) is 74.0 Å². The van der Waals surface area contributed by atoms with Gasteiger partial charge in [0.15, 0.2) is 0 Å². The van der Waals surface area contributed by atoms with Gasteiger partial charge in [0, 0.05) is 25.9 Å². The van der Waals surface area contributed by atoms with Crippen LogP contribution in [0.2, 0.25) is 0 Å². The molecule has 12 nitrogen and oxygen atoms in total. The van der Waals surface area contributed by atoms with E-state index in [2.05, 4.69) is 62.8 Å². The SMILES string of the molecule is CCCCCCCCCCCC(=O)NCCCC[C@H](NC(=O)C(=O)N[C@@H](CCCCNC(=O)CCCCCCCCCCC)C(=O)OCC(CC)CCCC)C(=O)OCC(CC)CCCC. The first-order valence-electron chi connectivity index (χ1n) is 27.5. The minimum absolute atomic E-state index is 0.0184. The molecule has 0 fully saturated rings. The molecule has 0 rings (SSSR count). The van der Waals surface area contributed by atoms with Crippen molar-refractivity contribution in [3.8, 4) is 0 Å². The van der Waals surface area contributed by atoms with Crippen LogP contribution in [0.15, 0.2) is 0 Å². The van der Waals surface area contributed by atoms with E-state index in [4.69, 9.17) is 9.47 Å². The maximum absolute atomic E-state index is 13.5. The third-order valence-corrected chi connectivity index (χ3v) is 12.9. The molecule has 0 aliphatic heterocycles. The van der Waals surface area contributed by atoms with Gasteiger partial charge >= 0.3 is 23.8 Å². The molecule has 4 amide bonds. The standard InChI is InChI=1S/C54H102N4O8/c1-7-13-17-19-21-23-25-27-29-39-49(59)55-41-33-31-37-47(53(63)65-43-45(11-5)35-15-9-3)57-51(61)52(62)58-48(54(64)66-44-46(12-6)36-16-10-4)38-32-34-42-56-50(60)40-30-28-26-24-22-20-18-14-8-2/h45-48H,7-44H2,1-6H3,(H,55,59)(H,56,60)(H,57,61)(H,58,62)/t45?,46?,47-,48-/m0/s1. The van der Waals surface area contributed by atoms with Crippen molar-refractivity contribution >= 4 is 35.6 Å². The molecule has 0 heterocycles. The largest absolute Gasteiger partial charge is 0.464 e. The number of hydrogen-bond donors (Lipinski definition) is 4. The third-order valence-electron chi connectivity index (χ3n) is 12.9. The second-order valence-corrected chi connectivity index (χ2v) is 19.0. The quantitative estimate of drug-likeness (QED) is 0.0266. The van der Waals surface area contributed by atoms with Gasteiger partial charge in [0.2, 0.25) is 11.8 Å². The predicted molar refractivity (Wildman–Crippen MR) is 270 cm³/mol. The molecule has 386 valence electrons. The second-order valence-electron chi connectivity index (χ2n) is 19.0. The van der Waals surface area contributed by atoms with Crippen molar-refractivity contribution in [2.24, 2.45) is 11.8 Å². The third kappa shape index (κ3) is 36.9. The zero-order valence-electron chi connectivity index (χ0n) is 43.4. The molecule has 0 saturated carbocycles. The molecule has 0 aromatic rings. The number of ether oxygens (including phenoxy) is 2. The van der Waals surface area contributed by atoms with Crippen LogP contribution in [0.1, 0.15) is 260 Å². The van der Waals surface area contributed by atoms with Crippen molar-refractivity contribution in [2.75, 3.05) is 26.3 Å². The first-order chi connectivity index (χ1) is 32.1. The van der Waals surface area contributed by atoms with Gasteiger partial charge in [-0.1, -0.05) is 183 Å². The molecule has 0 aliphatic carbocycles. The highest BCUT2D eigenvalue weighted by Gasteiger charge is 2.30. The summed E-state index contributed by atoms with van der Waals surface area (Å²) in [6.45, 7) is 14.2. The minimum atomic E-state index is -1.07. The van der Waals surface area contributed by atoms with E-state index in [9.17, 15) is 28.8 Å². The first kappa shape index (κ1) is 62.8. The van der Waals surface area contributed by atoms with Gasteiger partial charge in [0.25, 0.3) is 0 Å². The zero-order chi connectivity index (χ0) is 48.9. The molecule has 0 aromatic carbocycles. The van der Waals surface area contributed by atoms with Crippen LogP contribution in [0.4, 0.5) is 0 Å². The summed E-state index contributed by atoms with van der Waals surface area (Å²) in [7, 11) is 0. The molecule has 2 unspecified atom stereocenters. The highest BCUT2D eigenvalue weighted by atomic mass is 16.5. The molecule has 0 saturated heterocycles. The van der Waals surface area contributed by atoms with Crippen LogP contribution in [0.25, 0.3) is 0 Å². The normalized spacial score (nSPS) is 13.0. The first-order valence-corrected chi connectivity index (χ1v) is 27.5. The van der Waals surface area contributed by atoms with E-state index in [1.807, 2.05) is 0 Å². The Hall–Kier alpha value is -3.18. The van der Waals surface area contributed by atoms with Gasteiger partial charge in [0.1, 0.15) is 12.1 Å². The minimum Gasteiger partial charge on any atom is -0.464 e. The lowest BCUT2D eigenvalue weighted by Crippen LogP contribution is -2.52. The lowest BCUT2D eigenvalue weighted by Gasteiger charge is -2.22. The fraction of sp³-hybridized carbons (Fsp3) is 0.889. The predicted octanol–water partition coefficient (Wildman–Crippen LogP) is 11.9. The Morgan fingerprint density at radius 3 is 1.00 bits per heavy atom. The summed E-state index contributed by atoms with van der Waals surface area (Å²) >= 11 is 0. The van der Waals surface area contributed by atoms with Crippen LogP contribution in [0.3, 0.4) is 0 Å². The Morgan fingerprint density at radius 1 is 0.364 bits per heavy atom. The Balaban J connectivity index is 5.35. The second kappa shape index (κ2) is 45.6. The Kier molecular flexibility index (Phi) is 43.4. The van der Waals surface area contributed by atoms with Crippen LogP contribution in [0.5, 0.6) is 0 Å². The van der Waals surface area contributed by atoms with Crippen molar-refractivity contribution in [1.82, 2.24) is 21.3 Å². The van der Waals surface area contributed by atoms with Gasteiger partial charge in [-0.2, -0.15) is 0 Å². The molecule has 0 aliphatic rings. The highest BCUT2D eigenvalue weighted by molar-refractivity contribution is 6.35. The lowest BCUT2D eigenvalue weighted by atomic mass is 10.0. The summed E-state index contributed by atoms with van der Waals surface area (Å²) in [4.78, 5) is 78.8. The van der Waals surface area contributed by atoms with E-state index >= 15 is 0 Å². The fourth-order valence-electron chi connectivity index (χ4n) is 8.11. The van der Waals surface area contributed by atoms with Crippen LogP contribution < -0.4 is 21.3 Å². The molecule has 12 heteroatoms. The average molecular weight is 935 g/mol. The summed E-state index contributed by atoms with van der Waals surface area (Å²) in [5.41, 5.74) is 0. The number of amides is 4. The van der Waals surface area contributed by atoms with E-state index < -0.39 is 35.8 Å². The van der Waals surface area contributed by atoms with E-state index in [0.717, 1.165) is 89.9 Å². The summed E-state index contributed by atoms with van der Waals surface area (Å²) in [6, 6.07) is -2.14. The van der Waals surface area contributed by atoms with Gasteiger partial charge in [-0.3, -0.25) is 19.2 Å². The van der Waals surface area contributed by atoms with Gasteiger partial charge in [-0.05, 0) is 76.0 Å². The number of nitrogens with one attached hydrogen (secondary N) is 4. The molecule has 0 bridgehead atoms. The van der Waals surface area contributed by atoms with E-state index in [1.165, 1.54) is 77.0 Å². The van der Waals surface area contributed by atoms with Crippen LogP contribution in [0, 0.1) is 11.8 Å². The van der Waals surface area contributed by atoms with Gasteiger partial charge < -0.3 is 30.7 Å². The van der Waals surface area contributed by atoms with Crippen molar-refractivity contribution < 1.29 is 38.2 Å². The number of rotatable bonds is 46.